The number of anilines is 1. The number of hydrogen-bond acceptors (Lipinski definition) is 3. The van der Waals surface area contributed by atoms with Crippen molar-refractivity contribution in [2.45, 2.75) is 6.61 Å². The van der Waals surface area contributed by atoms with Crippen LogP contribution in [-0.2, 0) is 16.1 Å². The Balaban J connectivity index is 1.89. The number of nitrogens with one attached hydrogen (secondary N) is 1. The molecule has 2 aromatic rings. The number of esters is 1. The number of ether oxygens (including phenoxy) is 1. The van der Waals surface area contributed by atoms with Gasteiger partial charge in [-0.05, 0) is 29.8 Å². The molecule has 1 amide bonds. The van der Waals surface area contributed by atoms with E-state index in [4.69, 9.17) is 16.3 Å². The summed E-state index contributed by atoms with van der Waals surface area (Å²) in [6.07, 6.45) is 0. The average Bonchev–Trinajstić information content (AvgIpc) is 2.54. The second-order valence-electron chi connectivity index (χ2n) is 4.32. The summed E-state index contributed by atoms with van der Waals surface area (Å²) < 4.78 is 5.21. The van der Waals surface area contributed by atoms with Gasteiger partial charge in [-0.3, -0.25) is 4.79 Å². The lowest BCUT2D eigenvalue weighted by Crippen LogP contribution is -2.12. The summed E-state index contributed by atoms with van der Waals surface area (Å²) in [5, 5.41) is 2.63. The van der Waals surface area contributed by atoms with Gasteiger partial charge in [0.05, 0.1) is 5.56 Å². The molecule has 4 nitrogen and oxygen atoms in total. The fraction of sp³-hybridized carbons (Fsp3) is 0.125. The van der Waals surface area contributed by atoms with E-state index in [2.05, 4.69) is 5.32 Å². The fourth-order valence-electron chi connectivity index (χ4n) is 1.69. The standard InChI is InChI=1S/C16H14ClNO3/c17-10-15(19)18-14-8-6-12(7-9-14)11-21-16(20)13-4-2-1-3-5-13/h1-9H,10-11H2,(H,18,19). The molecule has 0 unspecified atom stereocenters. The lowest BCUT2D eigenvalue weighted by atomic mass is 10.2. The maximum absolute atomic E-state index is 11.8. The van der Waals surface area contributed by atoms with Crippen molar-refractivity contribution in [3.05, 3.63) is 65.7 Å². The molecule has 2 rings (SSSR count). The van der Waals surface area contributed by atoms with Crippen molar-refractivity contribution in [3.8, 4) is 0 Å². The summed E-state index contributed by atoms with van der Waals surface area (Å²) >= 11 is 5.41. The Morgan fingerprint density at radius 2 is 1.67 bits per heavy atom. The number of hydrogen-bond donors (Lipinski definition) is 1. The number of benzene rings is 2. The van der Waals surface area contributed by atoms with Crippen LogP contribution in [0.1, 0.15) is 15.9 Å². The average molecular weight is 304 g/mol. The molecule has 0 heterocycles. The molecule has 0 aliphatic heterocycles. The van der Waals surface area contributed by atoms with Crippen LogP contribution in [0, 0.1) is 0 Å². The maximum Gasteiger partial charge on any atom is 0.338 e. The van der Waals surface area contributed by atoms with Crippen LogP contribution in [0.15, 0.2) is 54.6 Å². The van der Waals surface area contributed by atoms with Crippen LogP contribution in [0.3, 0.4) is 0 Å². The summed E-state index contributed by atoms with van der Waals surface area (Å²) in [6, 6.07) is 15.8. The molecule has 0 bridgehead atoms. The van der Waals surface area contributed by atoms with E-state index in [0.29, 0.717) is 11.3 Å². The van der Waals surface area contributed by atoms with Crippen molar-refractivity contribution < 1.29 is 14.3 Å². The molecule has 0 saturated carbocycles. The molecule has 0 aliphatic rings. The van der Waals surface area contributed by atoms with Gasteiger partial charge in [0.15, 0.2) is 0 Å². The Kier molecular flexibility index (Phi) is 5.35. The van der Waals surface area contributed by atoms with Crippen molar-refractivity contribution in [1.82, 2.24) is 0 Å². The molecule has 0 aliphatic carbocycles. The van der Waals surface area contributed by atoms with Crippen molar-refractivity contribution >= 4 is 29.2 Å². The quantitative estimate of drug-likeness (QED) is 0.681. The molecule has 5 heteroatoms. The van der Waals surface area contributed by atoms with Crippen LogP contribution in [0.2, 0.25) is 0 Å². The minimum Gasteiger partial charge on any atom is -0.457 e. The fourth-order valence-corrected chi connectivity index (χ4v) is 1.75. The van der Waals surface area contributed by atoms with Gasteiger partial charge in [-0.2, -0.15) is 0 Å². The van der Waals surface area contributed by atoms with Gasteiger partial charge >= 0.3 is 5.97 Å². The minimum absolute atomic E-state index is 0.0869. The van der Waals surface area contributed by atoms with E-state index in [1.165, 1.54) is 0 Å². The van der Waals surface area contributed by atoms with E-state index >= 15 is 0 Å². The van der Waals surface area contributed by atoms with Crippen molar-refractivity contribution in [3.63, 3.8) is 0 Å². The van der Waals surface area contributed by atoms with Gasteiger partial charge < -0.3 is 10.1 Å². The number of halogens is 1. The summed E-state index contributed by atoms with van der Waals surface area (Å²) in [5.41, 5.74) is 2.01. The predicted molar refractivity (Wildman–Crippen MR) is 81.4 cm³/mol. The van der Waals surface area contributed by atoms with Crippen LogP contribution in [0.4, 0.5) is 5.69 Å². The van der Waals surface area contributed by atoms with Gasteiger partial charge in [-0.15, -0.1) is 11.6 Å². The Morgan fingerprint density at radius 1 is 1.00 bits per heavy atom. The number of alkyl halides is 1. The zero-order valence-electron chi connectivity index (χ0n) is 11.2. The Hall–Kier alpha value is -2.33. The first-order valence-corrected chi connectivity index (χ1v) is 6.89. The zero-order chi connectivity index (χ0) is 15.1. The van der Waals surface area contributed by atoms with Gasteiger partial charge in [0.1, 0.15) is 12.5 Å². The molecule has 0 spiro atoms. The zero-order valence-corrected chi connectivity index (χ0v) is 12.0. The first kappa shape index (κ1) is 15.1. The smallest absolute Gasteiger partial charge is 0.338 e. The van der Waals surface area contributed by atoms with Crippen molar-refractivity contribution in [2.24, 2.45) is 0 Å². The highest BCUT2D eigenvalue weighted by Crippen LogP contribution is 2.11. The summed E-state index contributed by atoms with van der Waals surface area (Å²) in [7, 11) is 0. The Morgan fingerprint density at radius 3 is 2.29 bits per heavy atom. The largest absolute Gasteiger partial charge is 0.457 e. The van der Waals surface area contributed by atoms with Crippen molar-refractivity contribution in [2.75, 3.05) is 11.2 Å². The molecule has 2 aromatic carbocycles. The molecule has 108 valence electrons. The first-order chi connectivity index (χ1) is 10.2. The second kappa shape index (κ2) is 7.45. The molecule has 0 atom stereocenters. The van der Waals surface area contributed by atoms with Gasteiger partial charge in [0.25, 0.3) is 0 Å². The molecule has 1 N–H and O–H groups in total. The number of amides is 1. The maximum atomic E-state index is 11.8. The minimum atomic E-state index is -0.366. The lowest BCUT2D eigenvalue weighted by molar-refractivity contribution is -0.113. The van der Waals surface area contributed by atoms with E-state index < -0.39 is 0 Å². The summed E-state index contributed by atoms with van der Waals surface area (Å²) in [6.45, 7) is 0.178. The van der Waals surface area contributed by atoms with E-state index in [1.54, 1.807) is 48.5 Å². The normalized spacial score (nSPS) is 9.95. The molecule has 0 aromatic heterocycles. The summed E-state index contributed by atoms with van der Waals surface area (Å²) in [5.74, 6) is -0.716. The number of carbonyl (C=O) groups is 2. The highest BCUT2D eigenvalue weighted by molar-refractivity contribution is 6.29. The van der Waals surface area contributed by atoms with Crippen LogP contribution >= 0.6 is 11.6 Å². The molecule has 0 saturated heterocycles. The molecular formula is C16H14ClNO3. The van der Waals surface area contributed by atoms with E-state index in [0.717, 1.165) is 5.56 Å². The number of rotatable bonds is 5. The predicted octanol–water partition coefficient (Wildman–Crippen LogP) is 3.22. The number of carbonyl (C=O) groups excluding carboxylic acids is 2. The van der Waals surface area contributed by atoms with Gasteiger partial charge in [-0.25, -0.2) is 4.79 Å². The van der Waals surface area contributed by atoms with Crippen LogP contribution in [-0.4, -0.2) is 17.8 Å². The lowest BCUT2D eigenvalue weighted by Gasteiger charge is -2.07. The molecule has 0 radical (unpaired) electrons. The molecular weight excluding hydrogens is 290 g/mol. The molecule has 0 fully saturated rings. The second-order valence-corrected chi connectivity index (χ2v) is 4.59. The molecule has 21 heavy (non-hydrogen) atoms. The first-order valence-electron chi connectivity index (χ1n) is 6.36. The highest BCUT2D eigenvalue weighted by Gasteiger charge is 2.06. The van der Waals surface area contributed by atoms with E-state index in [-0.39, 0.29) is 24.4 Å². The Bertz CT molecular complexity index is 611. The van der Waals surface area contributed by atoms with Crippen LogP contribution in [0.25, 0.3) is 0 Å². The Labute approximate surface area is 127 Å². The SMILES string of the molecule is O=C(CCl)Nc1ccc(COC(=O)c2ccccc2)cc1. The van der Waals surface area contributed by atoms with Gasteiger partial charge in [0, 0.05) is 5.69 Å². The topological polar surface area (TPSA) is 55.4 Å². The third kappa shape index (κ3) is 4.61. The monoisotopic (exact) mass is 303 g/mol. The van der Waals surface area contributed by atoms with E-state index in [1.807, 2.05) is 6.07 Å². The third-order valence-electron chi connectivity index (χ3n) is 2.74. The van der Waals surface area contributed by atoms with E-state index in [9.17, 15) is 9.59 Å². The summed E-state index contributed by atoms with van der Waals surface area (Å²) in [4.78, 5) is 22.9. The van der Waals surface area contributed by atoms with Crippen LogP contribution in [0.5, 0.6) is 0 Å². The highest BCUT2D eigenvalue weighted by atomic mass is 35.5. The van der Waals surface area contributed by atoms with Gasteiger partial charge in [-0.1, -0.05) is 30.3 Å². The van der Waals surface area contributed by atoms with Gasteiger partial charge in [0.2, 0.25) is 5.91 Å². The van der Waals surface area contributed by atoms with Crippen LogP contribution < -0.4 is 5.32 Å². The third-order valence-corrected chi connectivity index (χ3v) is 2.98. The van der Waals surface area contributed by atoms with Crippen molar-refractivity contribution in [1.29, 1.82) is 0 Å².